The standard InChI is InChI=1S/C17H24FN2O11P/c1-10(2)29-15(23)26-9-28-32(25)27-7-5-17(8-18)12(31-32)16(3,24)13(30-17)20-6-4-11(21)19-14(20)22/h4,6,10,12-13,24H,5,7-9H2,1-3H3,(H,19,21,22)/t12-,13+,16+,17-,32?/m0/s1. The van der Waals surface area contributed by atoms with E-state index in [0.29, 0.717) is 0 Å². The number of aromatic nitrogens is 2. The molecule has 0 bridgehead atoms. The molecule has 180 valence electrons. The molecule has 2 saturated heterocycles. The normalized spacial score (nSPS) is 34.7. The van der Waals surface area contributed by atoms with Crippen LogP contribution in [0.3, 0.4) is 0 Å². The molecule has 0 amide bonds. The van der Waals surface area contributed by atoms with Crippen molar-refractivity contribution in [1.29, 1.82) is 0 Å². The number of hydrogen-bond donors (Lipinski definition) is 2. The molecule has 1 aromatic rings. The molecule has 0 spiro atoms. The van der Waals surface area contributed by atoms with Crippen LogP contribution in [0.25, 0.3) is 0 Å². The zero-order chi connectivity index (χ0) is 23.7. The quantitative estimate of drug-likeness (QED) is 0.337. The Kier molecular flexibility index (Phi) is 6.94. The monoisotopic (exact) mass is 482 g/mol. The highest BCUT2D eigenvalue weighted by molar-refractivity contribution is 7.48. The van der Waals surface area contributed by atoms with Gasteiger partial charge in [-0.2, -0.15) is 0 Å². The van der Waals surface area contributed by atoms with Gasteiger partial charge >= 0.3 is 19.7 Å². The van der Waals surface area contributed by atoms with Gasteiger partial charge in [0.15, 0.2) is 6.23 Å². The number of nitrogens with one attached hydrogen (secondary N) is 1. The first-order valence-corrected chi connectivity index (χ1v) is 11.1. The smallest absolute Gasteiger partial charge is 0.432 e. The number of halogens is 1. The van der Waals surface area contributed by atoms with Gasteiger partial charge in [0.25, 0.3) is 5.56 Å². The van der Waals surface area contributed by atoms with Gasteiger partial charge in [0.1, 0.15) is 24.0 Å². The number of rotatable bonds is 6. The molecule has 0 radical (unpaired) electrons. The number of ether oxygens (including phenoxy) is 3. The maximum atomic E-state index is 14.2. The number of alkyl halides is 1. The second-order valence-electron chi connectivity index (χ2n) is 7.74. The fourth-order valence-electron chi connectivity index (χ4n) is 3.50. The van der Waals surface area contributed by atoms with Crippen LogP contribution in [0.5, 0.6) is 0 Å². The summed E-state index contributed by atoms with van der Waals surface area (Å²) in [4.78, 5) is 37.0. The molecule has 2 N–H and O–H groups in total. The maximum absolute atomic E-state index is 14.2. The van der Waals surface area contributed by atoms with Gasteiger partial charge in [-0.25, -0.2) is 23.1 Å². The summed E-state index contributed by atoms with van der Waals surface area (Å²) in [6.07, 6.45) is -3.83. The largest absolute Gasteiger partial charge is 0.510 e. The summed E-state index contributed by atoms with van der Waals surface area (Å²) in [5.41, 5.74) is -5.58. The zero-order valence-electron chi connectivity index (χ0n) is 17.5. The van der Waals surface area contributed by atoms with Crippen molar-refractivity contribution >= 4 is 14.0 Å². The lowest BCUT2D eigenvalue weighted by molar-refractivity contribution is -0.124. The first-order valence-electron chi connectivity index (χ1n) is 9.61. The van der Waals surface area contributed by atoms with Crippen LogP contribution in [0.4, 0.5) is 9.18 Å². The fourth-order valence-corrected chi connectivity index (χ4v) is 4.86. The van der Waals surface area contributed by atoms with Crippen LogP contribution in [0.15, 0.2) is 21.9 Å². The lowest BCUT2D eigenvalue weighted by Crippen LogP contribution is -2.51. The summed E-state index contributed by atoms with van der Waals surface area (Å²) in [7, 11) is -4.48. The third kappa shape index (κ3) is 4.80. The van der Waals surface area contributed by atoms with Crippen molar-refractivity contribution in [3.63, 3.8) is 0 Å². The SMILES string of the molecule is CC(C)OC(=O)OCOP1(=O)OCC[C@@]2(CF)O[C@@H](n3ccc(=O)[nH]c3=O)[C@](C)(O)[C@@H]2O1. The van der Waals surface area contributed by atoms with E-state index in [1.807, 2.05) is 4.98 Å². The average Bonchev–Trinajstić information content (AvgIpc) is 2.80. The van der Waals surface area contributed by atoms with Crippen LogP contribution in [0, 0.1) is 0 Å². The van der Waals surface area contributed by atoms with Crippen molar-refractivity contribution in [2.24, 2.45) is 0 Å². The van der Waals surface area contributed by atoms with Crippen molar-refractivity contribution in [3.05, 3.63) is 33.1 Å². The number of aromatic amines is 1. The van der Waals surface area contributed by atoms with E-state index in [1.165, 1.54) is 6.92 Å². The number of phosphoric acid groups is 1. The van der Waals surface area contributed by atoms with E-state index < -0.39 is 68.3 Å². The van der Waals surface area contributed by atoms with Gasteiger partial charge in [-0.15, -0.1) is 0 Å². The number of aliphatic hydroxyl groups is 1. The lowest BCUT2D eigenvalue weighted by Gasteiger charge is -2.33. The van der Waals surface area contributed by atoms with E-state index in [-0.39, 0.29) is 13.0 Å². The second kappa shape index (κ2) is 9.04. The van der Waals surface area contributed by atoms with Crippen LogP contribution in [0.2, 0.25) is 0 Å². The molecule has 2 aliphatic heterocycles. The third-order valence-electron chi connectivity index (χ3n) is 4.91. The Balaban J connectivity index is 1.84. The van der Waals surface area contributed by atoms with Crippen molar-refractivity contribution in [2.45, 2.75) is 56.8 Å². The maximum Gasteiger partial charge on any atom is 0.510 e. The Morgan fingerprint density at radius 3 is 2.81 bits per heavy atom. The van der Waals surface area contributed by atoms with Gasteiger partial charge in [-0.05, 0) is 20.8 Å². The minimum atomic E-state index is -4.48. The number of carbonyl (C=O) groups excluding carboxylic acids is 1. The van der Waals surface area contributed by atoms with E-state index >= 15 is 0 Å². The molecule has 3 heterocycles. The van der Waals surface area contributed by atoms with Gasteiger partial charge in [0.05, 0.1) is 12.7 Å². The van der Waals surface area contributed by atoms with Crippen molar-refractivity contribution in [3.8, 4) is 0 Å². The Hall–Kier alpha value is -2.09. The summed E-state index contributed by atoms with van der Waals surface area (Å²) in [6.45, 7) is 1.93. The van der Waals surface area contributed by atoms with Crippen LogP contribution >= 0.6 is 7.82 Å². The molecule has 1 aromatic heterocycles. The van der Waals surface area contributed by atoms with Gasteiger partial charge in [-0.1, -0.05) is 0 Å². The molecule has 1 unspecified atom stereocenters. The molecule has 2 fully saturated rings. The van der Waals surface area contributed by atoms with Crippen molar-refractivity contribution in [2.75, 3.05) is 20.1 Å². The highest BCUT2D eigenvalue weighted by Crippen LogP contribution is 2.60. The van der Waals surface area contributed by atoms with E-state index in [0.717, 1.165) is 16.8 Å². The highest BCUT2D eigenvalue weighted by atomic mass is 31.2. The number of hydrogen-bond acceptors (Lipinski definition) is 11. The first-order chi connectivity index (χ1) is 14.9. The third-order valence-corrected chi connectivity index (χ3v) is 6.30. The van der Waals surface area contributed by atoms with Crippen LogP contribution in [-0.4, -0.2) is 64.3 Å². The minimum Gasteiger partial charge on any atom is -0.432 e. The summed E-state index contributed by atoms with van der Waals surface area (Å²) in [6, 6.07) is 1.02. The zero-order valence-corrected chi connectivity index (χ0v) is 18.4. The molecule has 0 aromatic carbocycles. The molecular formula is C17H24FN2O11P. The van der Waals surface area contributed by atoms with Crippen LogP contribution in [0.1, 0.15) is 33.4 Å². The van der Waals surface area contributed by atoms with E-state index in [4.69, 9.17) is 23.0 Å². The Morgan fingerprint density at radius 1 is 1.47 bits per heavy atom. The van der Waals surface area contributed by atoms with Gasteiger partial charge in [0.2, 0.25) is 6.79 Å². The van der Waals surface area contributed by atoms with E-state index in [9.17, 15) is 28.4 Å². The van der Waals surface area contributed by atoms with E-state index in [2.05, 4.69) is 4.74 Å². The molecule has 15 heteroatoms. The summed E-state index contributed by atoms with van der Waals surface area (Å²) < 4.78 is 58.6. The van der Waals surface area contributed by atoms with Crippen LogP contribution in [-0.2, 0) is 32.3 Å². The number of fused-ring (bicyclic) bond motifs is 1. The number of phosphoric ester groups is 1. The molecule has 0 saturated carbocycles. The molecular weight excluding hydrogens is 458 g/mol. The number of H-pyrrole nitrogens is 1. The predicted octanol–water partition coefficient (Wildman–Crippen LogP) is 0.974. The average molecular weight is 482 g/mol. The molecule has 5 atom stereocenters. The predicted molar refractivity (Wildman–Crippen MR) is 102 cm³/mol. The molecule has 0 aliphatic carbocycles. The van der Waals surface area contributed by atoms with Crippen LogP contribution < -0.4 is 11.2 Å². The minimum absolute atomic E-state index is 0.220. The second-order valence-corrected chi connectivity index (χ2v) is 9.36. The molecule has 13 nitrogen and oxygen atoms in total. The summed E-state index contributed by atoms with van der Waals surface area (Å²) >= 11 is 0. The fraction of sp³-hybridized carbons (Fsp3) is 0.706. The molecule has 32 heavy (non-hydrogen) atoms. The van der Waals surface area contributed by atoms with Crippen molar-refractivity contribution < 1.29 is 46.6 Å². The van der Waals surface area contributed by atoms with E-state index in [1.54, 1.807) is 13.8 Å². The van der Waals surface area contributed by atoms with Gasteiger partial charge in [-0.3, -0.25) is 23.4 Å². The highest BCUT2D eigenvalue weighted by Gasteiger charge is 2.66. The number of nitrogens with zero attached hydrogens (tertiary/aromatic N) is 1. The number of carbonyl (C=O) groups is 1. The van der Waals surface area contributed by atoms with Crippen molar-refractivity contribution in [1.82, 2.24) is 9.55 Å². The topological polar surface area (TPSA) is 165 Å². The molecule has 3 rings (SSSR count). The first kappa shape index (κ1) is 24.6. The summed E-state index contributed by atoms with van der Waals surface area (Å²) in [5.74, 6) is 0. The Labute approximate surface area is 180 Å². The summed E-state index contributed by atoms with van der Waals surface area (Å²) in [5, 5.41) is 11.2. The lowest BCUT2D eigenvalue weighted by atomic mass is 9.86. The van der Waals surface area contributed by atoms with Gasteiger partial charge in [0, 0.05) is 18.7 Å². The van der Waals surface area contributed by atoms with Gasteiger partial charge < -0.3 is 19.3 Å². The Morgan fingerprint density at radius 2 is 2.19 bits per heavy atom. The molecule has 2 aliphatic rings. The Bertz CT molecular complexity index is 1010.